The standard InChI is InChI=1S/C16H18FN3O3/c1-16(11-4-6-12(17)7-5-11)14(22)20(15(23)18-16)10-13(21)19-8-2-3-9-19/h4-7H,2-3,8-10H2,1H3,(H,18,23)/t16-/m0/s1. The van der Waals surface area contributed by atoms with Gasteiger partial charge in [-0.3, -0.25) is 14.5 Å². The monoisotopic (exact) mass is 319 g/mol. The maximum absolute atomic E-state index is 13.1. The molecule has 2 aliphatic heterocycles. The van der Waals surface area contributed by atoms with Crippen molar-refractivity contribution < 1.29 is 18.8 Å². The molecule has 0 radical (unpaired) electrons. The molecule has 1 N–H and O–H groups in total. The third-order valence-electron chi connectivity index (χ3n) is 4.45. The van der Waals surface area contributed by atoms with Crippen LogP contribution < -0.4 is 5.32 Å². The highest BCUT2D eigenvalue weighted by molar-refractivity contribution is 6.09. The number of hydrogen-bond acceptors (Lipinski definition) is 3. The molecule has 1 aromatic rings. The summed E-state index contributed by atoms with van der Waals surface area (Å²) in [6, 6.07) is 4.78. The molecule has 0 spiro atoms. The van der Waals surface area contributed by atoms with Gasteiger partial charge in [-0.1, -0.05) is 12.1 Å². The van der Waals surface area contributed by atoms with Crippen LogP contribution in [0.25, 0.3) is 0 Å². The van der Waals surface area contributed by atoms with Crippen LogP contribution in [0.3, 0.4) is 0 Å². The fourth-order valence-corrected chi connectivity index (χ4v) is 3.02. The van der Waals surface area contributed by atoms with Crippen LogP contribution in [0.4, 0.5) is 9.18 Å². The molecule has 1 aromatic carbocycles. The summed E-state index contributed by atoms with van der Waals surface area (Å²) in [5.74, 6) is -1.15. The first-order valence-electron chi connectivity index (χ1n) is 7.60. The van der Waals surface area contributed by atoms with Crippen molar-refractivity contribution in [2.45, 2.75) is 25.3 Å². The average molecular weight is 319 g/mol. The number of amides is 4. The zero-order valence-corrected chi connectivity index (χ0v) is 12.8. The number of urea groups is 1. The Morgan fingerprint density at radius 1 is 1.22 bits per heavy atom. The molecule has 4 amide bonds. The molecule has 23 heavy (non-hydrogen) atoms. The zero-order valence-electron chi connectivity index (χ0n) is 12.8. The zero-order chi connectivity index (χ0) is 16.6. The van der Waals surface area contributed by atoms with E-state index in [1.807, 2.05) is 0 Å². The number of nitrogens with zero attached hydrogens (tertiary/aromatic N) is 2. The lowest BCUT2D eigenvalue weighted by Crippen LogP contribution is -2.43. The fourth-order valence-electron chi connectivity index (χ4n) is 3.02. The van der Waals surface area contributed by atoms with Crippen LogP contribution in [0.1, 0.15) is 25.3 Å². The van der Waals surface area contributed by atoms with Crippen LogP contribution in [0.5, 0.6) is 0 Å². The Morgan fingerprint density at radius 3 is 2.43 bits per heavy atom. The second-order valence-corrected chi connectivity index (χ2v) is 6.04. The minimum atomic E-state index is -1.28. The van der Waals surface area contributed by atoms with Crippen LogP contribution in [0, 0.1) is 5.82 Å². The first kappa shape index (κ1) is 15.5. The smallest absolute Gasteiger partial charge is 0.325 e. The predicted molar refractivity (Wildman–Crippen MR) is 79.8 cm³/mol. The summed E-state index contributed by atoms with van der Waals surface area (Å²) in [6.45, 7) is 2.62. The number of carbonyl (C=O) groups excluding carboxylic acids is 3. The lowest BCUT2D eigenvalue weighted by atomic mass is 9.92. The highest BCUT2D eigenvalue weighted by Gasteiger charge is 2.49. The Bertz CT molecular complexity index is 655. The van der Waals surface area contributed by atoms with E-state index in [1.54, 1.807) is 11.8 Å². The number of benzene rings is 1. The normalized spacial score (nSPS) is 24.3. The van der Waals surface area contributed by atoms with Gasteiger partial charge < -0.3 is 10.2 Å². The highest BCUT2D eigenvalue weighted by atomic mass is 19.1. The maximum Gasteiger partial charge on any atom is 0.325 e. The number of hydrogen-bond donors (Lipinski definition) is 1. The molecule has 0 bridgehead atoms. The lowest BCUT2D eigenvalue weighted by molar-refractivity contribution is -0.138. The van der Waals surface area contributed by atoms with Crippen molar-refractivity contribution >= 4 is 17.8 Å². The third-order valence-corrected chi connectivity index (χ3v) is 4.45. The van der Waals surface area contributed by atoms with Crippen molar-refractivity contribution in [3.8, 4) is 0 Å². The molecule has 2 heterocycles. The third kappa shape index (κ3) is 2.67. The van der Waals surface area contributed by atoms with E-state index in [9.17, 15) is 18.8 Å². The number of likely N-dealkylation sites (tertiary alicyclic amines) is 1. The van der Waals surface area contributed by atoms with Crippen molar-refractivity contribution in [2.75, 3.05) is 19.6 Å². The van der Waals surface area contributed by atoms with Gasteiger partial charge in [0, 0.05) is 13.1 Å². The quantitative estimate of drug-likeness (QED) is 0.852. The lowest BCUT2D eigenvalue weighted by Gasteiger charge is -2.23. The summed E-state index contributed by atoms with van der Waals surface area (Å²) in [4.78, 5) is 39.6. The van der Waals surface area contributed by atoms with Crippen molar-refractivity contribution in [3.63, 3.8) is 0 Å². The molecule has 0 unspecified atom stereocenters. The van der Waals surface area contributed by atoms with Crippen molar-refractivity contribution in [2.24, 2.45) is 0 Å². The fraction of sp³-hybridized carbons (Fsp3) is 0.438. The molecule has 3 rings (SSSR count). The number of rotatable bonds is 3. The van der Waals surface area contributed by atoms with Gasteiger partial charge in [0.25, 0.3) is 5.91 Å². The summed E-state index contributed by atoms with van der Waals surface area (Å²) in [5, 5.41) is 2.61. The molecule has 6 nitrogen and oxygen atoms in total. The molecule has 0 saturated carbocycles. The first-order valence-corrected chi connectivity index (χ1v) is 7.60. The maximum atomic E-state index is 13.1. The summed E-state index contributed by atoms with van der Waals surface area (Å²) in [7, 11) is 0. The number of carbonyl (C=O) groups is 3. The topological polar surface area (TPSA) is 69.7 Å². The van der Waals surface area contributed by atoms with Crippen LogP contribution in [-0.4, -0.2) is 47.3 Å². The average Bonchev–Trinajstić information content (AvgIpc) is 3.12. The highest BCUT2D eigenvalue weighted by Crippen LogP contribution is 2.29. The van der Waals surface area contributed by atoms with E-state index in [0.717, 1.165) is 17.7 Å². The van der Waals surface area contributed by atoms with Crippen LogP contribution >= 0.6 is 0 Å². The van der Waals surface area contributed by atoms with E-state index in [4.69, 9.17) is 0 Å². The van der Waals surface area contributed by atoms with E-state index >= 15 is 0 Å². The van der Waals surface area contributed by atoms with E-state index in [-0.39, 0.29) is 12.5 Å². The van der Waals surface area contributed by atoms with Crippen molar-refractivity contribution in [1.82, 2.24) is 15.1 Å². The van der Waals surface area contributed by atoms with Gasteiger partial charge in [-0.2, -0.15) is 0 Å². The summed E-state index contributed by atoms with van der Waals surface area (Å²) in [5.41, 5.74) is -0.802. The molecule has 2 aliphatic rings. The van der Waals surface area contributed by atoms with Crippen LogP contribution in [0.2, 0.25) is 0 Å². The summed E-state index contributed by atoms with van der Waals surface area (Å²) >= 11 is 0. The molecular formula is C16H18FN3O3. The van der Waals surface area contributed by atoms with Crippen LogP contribution in [-0.2, 0) is 15.1 Å². The van der Waals surface area contributed by atoms with E-state index in [1.165, 1.54) is 24.3 Å². The second kappa shape index (κ2) is 5.64. The van der Waals surface area contributed by atoms with Gasteiger partial charge in [0.1, 0.15) is 17.9 Å². The molecule has 1 atom stereocenters. The molecule has 2 fully saturated rings. The van der Waals surface area contributed by atoms with E-state index in [2.05, 4.69) is 5.32 Å². The van der Waals surface area contributed by atoms with E-state index in [0.29, 0.717) is 18.7 Å². The molecule has 2 saturated heterocycles. The minimum absolute atomic E-state index is 0.227. The molecular weight excluding hydrogens is 301 g/mol. The molecule has 7 heteroatoms. The Labute approximate surface area is 133 Å². The van der Waals surface area contributed by atoms with Crippen molar-refractivity contribution in [1.29, 1.82) is 0 Å². The van der Waals surface area contributed by atoms with Gasteiger partial charge in [0.15, 0.2) is 0 Å². The van der Waals surface area contributed by atoms with Gasteiger partial charge in [-0.15, -0.1) is 0 Å². The van der Waals surface area contributed by atoms with Gasteiger partial charge in [-0.25, -0.2) is 9.18 Å². The van der Waals surface area contributed by atoms with Gasteiger partial charge in [-0.05, 0) is 37.5 Å². The first-order chi connectivity index (χ1) is 10.9. The number of halogens is 1. The minimum Gasteiger partial charge on any atom is -0.341 e. The Hall–Kier alpha value is -2.44. The van der Waals surface area contributed by atoms with Gasteiger partial charge in [0.05, 0.1) is 0 Å². The Morgan fingerprint density at radius 2 is 1.83 bits per heavy atom. The van der Waals surface area contributed by atoms with E-state index < -0.39 is 23.3 Å². The predicted octanol–water partition coefficient (Wildman–Crippen LogP) is 1.22. The molecule has 0 aromatic heterocycles. The van der Waals surface area contributed by atoms with Gasteiger partial charge >= 0.3 is 6.03 Å². The number of imide groups is 1. The second-order valence-electron chi connectivity index (χ2n) is 6.04. The van der Waals surface area contributed by atoms with Crippen LogP contribution in [0.15, 0.2) is 24.3 Å². The summed E-state index contributed by atoms with van der Waals surface area (Å²) < 4.78 is 13.1. The largest absolute Gasteiger partial charge is 0.341 e. The number of nitrogens with one attached hydrogen (secondary N) is 1. The van der Waals surface area contributed by atoms with Crippen molar-refractivity contribution in [3.05, 3.63) is 35.6 Å². The molecule has 122 valence electrons. The molecule has 0 aliphatic carbocycles. The Kier molecular flexibility index (Phi) is 3.79. The van der Waals surface area contributed by atoms with Gasteiger partial charge in [0.2, 0.25) is 5.91 Å². The summed E-state index contributed by atoms with van der Waals surface area (Å²) in [6.07, 6.45) is 1.89. The SMILES string of the molecule is C[C@@]1(c2ccc(F)cc2)NC(=O)N(CC(=O)N2CCCC2)C1=O. The Balaban J connectivity index is 1.79.